The molecule has 0 saturated heterocycles. The fourth-order valence-corrected chi connectivity index (χ4v) is 3.95. The molecule has 0 atom stereocenters. The standard InChI is InChI=1S/C14H7BrN2S/c15-9-5-6-10-12-13(17-7-16-10)8-3-1-2-4-11(8)18-14(9)12/h1-7H. The lowest BCUT2D eigenvalue weighted by atomic mass is 10.1. The van der Waals surface area contributed by atoms with E-state index in [0.717, 1.165) is 21.1 Å². The molecule has 2 aromatic carbocycles. The number of hydrogen-bond donors (Lipinski definition) is 0. The van der Waals surface area contributed by atoms with E-state index in [0.29, 0.717) is 0 Å². The molecule has 1 aliphatic rings. The van der Waals surface area contributed by atoms with Gasteiger partial charge in [-0.1, -0.05) is 30.0 Å². The highest BCUT2D eigenvalue weighted by atomic mass is 79.9. The van der Waals surface area contributed by atoms with E-state index < -0.39 is 0 Å². The summed E-state index contributed by atoms with van der Waals surface area (Å²) < 4.78 is 1.10. The average molecular weight is 315 g/mol. The van der Waals surface area contributed by atoms with Crippen LogP contribution >= 0.6 is 27.7 Å². The molecule has 0 unspecified atom stereocenters. The van der Waals surface area contributed by atoms with E-state index in [1.54, 1.807) is 18.1 Å². The second kappa shape index (κ2) is 3.80. The molecule has 2 heterocycles. The second-order valence-electron chi connectivity index (χ2n) is 4.09. The molecule has 18 heavy (non-hydrogen) atoms. The quantitative estimate of drug-likeness (QED) is 0.477. The predicted octanol–water partition coefficient (Wildman–Crippen LogP) is 4.52. The third-order valence-corrected chi connectivity index (χ3v) is 5.19. The van der Waals surface area contributed by atoms with Gasteiger partial charge in [-0.3, -0.25) is 0 Å². The van der Waals surface area contributed by atoms with Gasteiger partial charge in [0.1, 0.15) is 6.33 Å². The summed E-state index contributed by atoms with van der Waals surface area (Å²) >= 11 is 5.40. The normalized spacial score (nSPS) is 12.5. The summed E-state index contributed by atoms with van der Waals surface area (Å²) in [5.74, 6) is 0. The van der Waals surface area contributed by atoms with Crippen molar-refractivity contribution in [2.75, 3.05) is 0 Å². The second-order valence-corrected chi connectivity index (χ2v) is 6.00. The summed E-state index contributed by atoms with van der Waals surface area (Å²) in [6, 6.07) is 12.4. The van der Waals surface area contributed by atoms with Crippen LogP contribution < -0.4 is 0 Å². The lowest BCUT2D eigenvalue weighted by molar-refractivity contribution is 1.19. The van der Waals surface area contributed by atoms with E-state index in [4.69, 9.17) is 0 Å². The monoisotopic (exact) mass is 314 g/mol. The number of hydrogen-bond acceptors (Lipinski definition) is 3. The fraction of sp³-hybridized carbons (Fsp3) is 0. The van der Waals surface area contributed by atoms with Crippen molar-refractivity contribution in [3.05, 3.63) is 47.2 Å². The van der Waals surface area contributed by atoms with Gasteiger partial charge in [0.05, 0.1) is 11.2 Å². The van der Waals surface area contributed by atoms with Gasteiger partial charge in [0.25, 0.3) is 0 Å². The Bertz CT molecular complexity index is 786. The number of aromatic nitrogens is 2. The molecule has 86 valence electrons. The Morgan fingerprint density at radius 3 is 2.83 bits per heavy atom. The molecule has 0 spiro atoms. The SMILES string of the molecule is Brc1ccc2ncnc3c2c1Sc1ccccc1-3. The van der Waals surface area contributed by atoms with E-state index in [1.165, 1.54) is 15.4 Å². The molecular weight excluding hydrogens is 308 g/mol. The van der Waals surface area contributed by atoms with Crippen molar-refractivity contribution in [3.8, 4) is 11.3 Å². The summed E-state index contributed by atoms with van der Waals surface area (Å²) in [4.78, 5) is 11.3. The molecule has 4 heteroatoms. The van der Waals surface area contributed by atoms with E-state index in [1.807, 2.05) is 6.07 Å². The fourth-order valence-electron chi connectivity index (χ4n) is 2.26. The Balaban J connectivity index is 2.23. The molecule has 0 amide bonds. The minimum Gasteiger partial charge on any atom is -0.236 e. The van der Waals surface area contributed by atoms with E-state index in [2.05, 4.69) is 56.2 Å². The maximum atomic E-state index is 4.47. The van der Waals surface area contributed by atoms with Gasteiger partial charge in [-0.25, -0.2) is 9.97 Å². The Hall–Kier alpha value is -1.39. The molecule has 3 aromatic rings. The molecule has 0 radical (unpaired) electrons. The molecule has 1 aliphatic heterocycles. The first-order valence-corrected chi connectivity index (χ1v) is 7.16. The Kier molecular flexibility index (Phi) is 2.22. The van der Waals surface area contributed by atoms with Crippen LogP contribution in [0.1, 0.15) is 0 Å². The highest BCUT2D eigenvalue weighted by Crippen LogP contribution is 2.48. The van der Waals surface area contributed by atoms with Crippen LogP contribution in [0.25, 0.3) is 22.2 Å². The van der Waals surface area contributed by atoms with Crippen molar-refractivity contribution >= 4 is 38.6 Å². The van der Waals surface area contributed by atoms with Crippen molar-refractivity contribution in [1.29, 1.82) is 0 Å². The van der Waals surface area contributed by atoms with E-state index >= 15 is 0 Å². The highest BCUT2D eigenvalue weighted by molar-refractivity contribution is 9.10. The van der Waals surface area contributed by atoms with E-state index in [9.17, 15) is 0 Å². The van der Waals surface area contributed by atoms with Crippen LogP contribution in [-0.2, 0) is 0 Å². The zero-order chi connectivity index (χ0) is 12.1. The maximum Gasteiger partial charge on any atom is 0.116 e. The largest absolute Gasteiger partial charge is 0.236 e. The van der Waals surface area contributed by atoms with Crippen LogP contribution in [0.4, 0.5) is 0 Å². The zero-order valence-electron chi connectivity index (χ0n) is 9.22. The van der Waals surface area contributed by atoms with Gasteiger partial charge in [-0.05, 0) is 34.1 Å². The van der Waals surface area contributed by atoms with Gasteiger partial charge in [-0.15, -0.1) is 0 Å². The summed E-state index contributed by atoms with van der Waals surface area (Å²) in [6.07, 6.45) is 1.64. The summed E-state index contributed by atoms with van der Waals surface area (Å²) in [6.45, 7) is 0. The maximum absolute atomic E-state index is 4.47. The third-order valence-electron chi connectivity index (χ3n) is 3.06. The first-order valence-electron chi connectivity index (χ1n) is 5.55. The summed E-state index contributed by atoms with van der Waals surface area (Å²) in [7, 11) is 0. The molecule has 1 aromatic heterocycles. The van der Waals surface area contributed by atoms with Crippen molar-refractivity contribution in [1.82, 2.24) is 9.97 Å². The van der Waals surface area contributed by atoms with Crippen molar-refractivity contribution in [2.24, 2.45) is 0 Å². The van der Waals surface area contributed by atoms with Gasteiger partial charge in [0.2, 0.25) is 0 Å². The number of benzene rings is 2. The van der Waals surface area contributed by atoms with Crippen molar-refractivity contribution < 1.29 is 0 Å². The van der Waals surface area contributed by atoms with Crippen LogP contribution in [0.3, 0.4) is 0 Å². The smallest absolute Gasteiger partial charge is 0.116 e. The summed E-state index contributed by atoms with van der Waals surface area (Å²) in [5, 5.41) is 1.15. The van der Waals surface area contributed by atoms with Crippen molar-refractivity contribution in [3.63, 3.8) is 0 Å². The minimum atomic E-state index is 1.00. The van der Waals surface area contributed by atoms with E-state index in [-0.39, 0.29) is 0 Å². The van der Waals surface area contributed by atoms with Gasteiger partial charge in [0.15, 0.2) is 0 Å². The highest BCUT2D eigenvalue weighted by Gasteiger charge is 2.21. The lowest BCUT2D eigenvalue weighted by Gasteiger charge is -2.19. The zero-order valence-corrected chi connectivity index (χ0v) is 11.6. The summed E-state index contributed by atoms with van der Waals surface area (Å²) in [5.41, 5.74) is 3.23. The predicted molar refractivity (Wildman–Crippen MR) is 76.8 cm³/mol. The lowest BCUT2D eigenvalue weighted by Crippen LogP contribution is -1.97. The molecule has 0 aliphatic carbocycles. The molecule has 0 fully saturated rings. The Morgan fingerprint density at radius 1 is 1.00 bits per heavy atom. The molecular formula is C14H7BrN2S. The Labute approximate surface area is 117 Å². The van der Waals surface area contributed by atoms with Gasteiger partial charge < -0.3 is 0 Å². The minimum absolute atomic E-state index is 1.00. The number of rotatable bonds is 0. The molecule has 4 rings (SSSR count). The topological polar surface area (TPSA) is 25.8 Å². The molecule has 0 saturated carbocycles. The van der Waals surface area contributed by atoms with Crippen LogP contribution in [0, 0.1) is 0 Å². The molecule has 0 N–H and O–H groups in total. The first kappa shape index (κ1) is 10.5. The van der Waals surface area contributed by atoms with Crippen LogP contribution in [0.5, 0.6) is 0 Å². The number of halogens is 1. The molecule has 2 nitrogen and oxygen atoms in total. The number of nitrogens with zero attached hydrogens (tertiary/aromatic N) is 2. The average Bonchev–Trinajstić information content (AvgIpc) is 2.43. The Morgan fingerprint density at radius 2 is 1.89 bits per heavy atom. The third kappa shape index (κ3) is 1.36. The van der Waals surface area contributed by atoms with Gasteiger partial charge in [-0.2, -0.15) is 0 Å². The molecule has 0 bridgehead atoms. The number of fused-ring (bicyclic) bond motifs is 2. The van der Waals surface area contributed by atoms with Crippen LogP contribution in [0.2, 0.25) is 0 Å². The van der Waals surface area contributed by atoms with Crippen molar-refractivity contribution in [2.45, 2.75) is 9.79 Å². The van der Waals surface area contributed by atoms with Crippen LogP contribution in [0.15, 0.2) is 57.0 Å². The van der Waals surface area contributed by atoms with Gasteiger partial charge in [0, 0.05) is 25.2 Å². The first-order chi connectivity index (χ1) is 8.84. The van der Waals surface area contributed by atoms with Gasteiger partial charge >= 0.3 is 0 Å². The van der Waals surface area contributed by atoms with Crippen LogP contribution in [-0.4, -0.2) is 9.97 Å².